The summed E-state index contributed by atoms with van der Waals surface area (Å²) >= 11 is 0. The number of aromatic nitrogens is 1. The molecule has 1 atom stereocenters. The van der Waals surface area contributed by atoms with Crippen molar-refractivity contribution in [3.05, 3.63) is 48.0 Å². The predicted molar refractivity (Wildman–Crippen MR) is 108 cm³/mol. The number of benzene rings is 1. The highest BCUT2D eigenvalue weighted by atomic mass is 19.1. The maximum atomic E-state index is 13.6. The number of carbonyl (C=O) groups excluding carboxylic acids is 1. The Morgan fingerprint density at radius 3 is 2.68 bits per heavy atom. The number of nitrogens with one attached hydrogen (secondary N) is 1. The van der Waals surface area contributed by atoms with E-state index in [1.165, 1.54) is 12.3 Å². The molecule has 2 fully saturated rings. The first-order chi connectivity index (χ1) is 13.6. The minimum absolute atomic E-state index is 0.118. The molecule has 6 heteroatoms. The molecule has 0 spiro atoms. The number of aryl methyl sites for hydroxylation is 1. The van der Waals surface area contributed by atoms with Crippen molar-refractivity contribution in [2.45, 2.75) is 45.1 Å². The monoisotopic (exact) mass is 382 g/mol. The van der Waals surface area contributed by atoms with E-state index in [2.05, 4.69) is 15.4 Å². The van der Waals surface area contributed by atoms with E-state index in [4.69, 9.17) is 0 Å². The molecule has 4 rings (SSSR count). The summed E-state index contributed by atoms with van der Waals surface area (Å²) in [5.41, 5.74) is 7.12. The van der Waals surface area contributed by atoms with Crippen LogP contribution in [-0.2, 0) is 4.79 Å². The van der Waals surface area contributed by atoms with Gasteiger partial charge >= 0.3 is 0 Å². The van der Waals surface area contributed by atoms with Gasteiger partial charge in [0.15, 0.2) is 0 Å². The summed E-state index contributed by atoms with van der Waals surface area (Å²) in [7, 11) is 0. The SMILES string of the molecule is Cc1ccc(NN2CCCCC2C(=O)N2CCCC2)cc1-c1cncc(F)c1. The number of amides is 1. The van der Waals surface area contributed by atoms with Crippen LogP contribution in [0.5, 0.6) is 0 Å². The Hall–Kier alpha value is -2.47. The number of carbonyl (C=O) groups is 1. The lowest BCUT2D eigenvalue weighted by molar-refractivity contribution is -0.136. The molecule has 2 aliphatic heterocycles. The lowest BCUT2D eigenvalue weighted by Gasteiger charge is -2.37. The van der Waals surface area contributed by atoms with Gasteiger partial charge in [-0.05, 0) is 68.4 Å². The number of likely N-dealkylation sites (tertiary alicyclic amines) is 1. The number of nitrogens with zero attached hydrogens (tertiary/aromatic N) is 3. The Bertz CT molecular complexity index is 850. The summed E-state index contributed by atoms with van der Waals surface area (Å²) in [4.78, 5) is 18.9. The van der Waals surface area contributed by atoms with Crippen LogP contribution >= 0.6 is 0 Å². The normalized spacial score (nSPS) is 20.4. The van der Waals surface area contributed by atoms with Crippen molar-refractivity contribution in [1.29, 1.82) is 0 Å². The number of piperidine rings is 1. The van der Waals surface area contributed by atoms with Gasteiger partial charge in [0.1, 0.15) is 11.9 Å². The molecule has 3 heterocycles. The van der Waals surface area contributed by atoms with Gasteiger partial charge in [0, 0.05) is 37.1 Å². The summed E-state index contributed by atoms with van der Waals surface area (Å²) in [5.74, 6) is -0.103. The molecule has 5 nitrogen and oxygen atoms in total. The molecule has 148 valence electrons. The minimum Gasteiger partial charge on any atom is -0.341 e. The first-order valence-electron chi connectivity index (χ1n) is 10.2. The minimum atomic E-state index is -0.345. The molecular weight excluding hydrogens is 355 g/mol. The Morgan fingerprint density at radius 2 is 1.89 bits per heavy atom. The van der Waals surface area contributed by atoms with Crippen molar-refractivity contribution in [2.75, 3.05) is 25.1 Å². The molecule has 2 saturated heterocycles. The van der Waals surface area contributed by atoms with Crippen LogP contribution < -0.4 is 5.43 Å². The number of halogens is 1. The van der Waals surface area contributed by atoms with Gasteiger partial charge in [-0.1, -0.05) is 6.07 Å². The lowest BCUT2D eigenvalue weighted by Crippen LogP contribution is -2.52. The Labute approximate surface area is 165 Å². The van der Waals surface area contributed by atoms with E-state index in [1.54, 1.807) is 6.20 Å². The van der Waals surface area contributed by atoms with Crippen molar-refractivity contribution in [3.8, 4) is 11.1 Å². The molecule has 1 aromatic heterocycles. The second kappa shape index (κ2) is 8.27. The Morgan fingerprint density at radius 1 is 1.11 bits per heavy atom. The molecule has 2 aromatic rings. The van der Waals surface area contributed by atoms with Gasteiger partial charge < -0.3 is 10.3 Å². The maximum absolute atomic E-state index is 13.6. The average Bonchev–Trinajstić information content (AvgIpc) is 3.24. The van der Waals surface area contributed by atoms with Crippen molar-refractivity contribution >= 4 is 11.6 Å². The number of rotatable bonds is 4. The molecule has 0 radical (unpaired) electrons. The number of hydrogen-bond donors (Lipinski definition) is 1. The molecule has 28 heavy (non-hydrogen) atoms. The van der Waals surface area contributed by atoms with Gasteiger partial charge in [0.05, 0.1) is 6.20 Å². The molecule has 0 saturated carbocycles. The fourth-order valence-corrected chi connectivity index (χ4v) is 4.20. The van der Waals surface area contributed by atoms with Gasteiger partial charge in [-0.25, -0.2) is 9.40 Å². The third-order valence-corrected chi connectivity index (χ3v) is 5.73. The van der Waals surface area contributed by atoms with Gasteiger partial charge in [-0.3, -0.25) is 9.78 Å². The van der Waals surface area contributed by atoms with E-state index < -0.39 is 0 Å². The highest BCUT2D eigenvalue weighted by molar-refractivity contribution is 5.82. The van der Waals surface area contributed by atoms with E-state index in [1.807, 2.05) is 30.0 Å². The quantitative estimate of drug-likeness (QED) is 0.868. The zero-order chi connectivity index (χ0) is 19.5. The number of hydrogen-bond acceptors (Lipinski definition) is 4. The number of anilines is 1. The predicted octanol–water partition coefficient (Wildman–Crippen LogP) is 4.00. The van der Waals surface area contributed by atoms with Crippen molar-refractivity contribution < 1.29 is 9.18 Å². The Kier molecular flexibility index (Phi) is 5.57. The van der Waals surface area contributed by atoms with Crippen molar-refractivity contribution in [2.24, 2.45) is 0 Å². The van der Waals surface area contributed by atoms with Crippen LogP contribution in [0.15, 0.2) is 36.7 Å². The number of hydrazine groups is 1. The van der Waals surface area contributed by atoms with E-state index in [-0.39, 0.29) is 17.8 Å². The fourth-order valence-electron chi connectivity index (χ4n) is 4.20. The molecule has 1 unspecified atom stereocenters. The summed E-state index contributed by atoms with van der Waals surface area (Å²) < 4.78 is 13.6. The molecule has 0 aliphatic carbocycles. The zero-order valence-electron chi connectivity index (χ0n) is 16.3. The highest BCUT2D eigenvalue weighted by Gasteiger charge is 2.33. The zero-order valence-corrected chi connectivity index (χ0v) is 16.3. The van der Waals surface area contributed by atoms with Crippen LogP contribution in [0, 0.1) is 12.7 Å². The smallest absolute Gasteiger partial charge is 0.241 e. The second-order valence-electron chi connectivity index (χ2n) is 7.77. The van der Waals surface area contributed by atoms with Gasteiger partial charge in [-0.15, -0.1) is 0 Å². The lowest BCUT2D eigenvalue weighted by atomic mass is 10.0. The molecule has 1 amide bonds. The largest absolute Gasteiger partial charge is 0.341 e. The summed E-state index contributed by atoms with van der Waals surface area (Å²) in [6, 6.07) is 7.42. The number of pyridine rings is 1. The first-order valence-corrected chi connectivity index (χ1v) is 10.2. The highest BCUT2D eigenvalue weighted by Crippen LogP contribution is 2.28. The van der Waals surface area contributed by atoms with E-state index >= 15 is 0 Å². The van der Waals surface area contributed by atoms with Crippen LogP contribution in [0.25, 0.3) is 11.1 Å². The molecule has 0 bridgehead atoms. The van der Waals surface area contributed by atoms with E-state index in [9.17, 15) is 9.18 Å². The van der Waals surface area contributed by atoms with Gasteiger partial charge in [0.2, 0.25) is 5.91 Å². The summed E-state index contributed by atoms with van der Waals surface area (Å²) in [6.07, 6.45) is 8.14. The molecular formula is C22H27FN4O. The van der Waals surface area contributed by atoms with Crippen LogP contribution in [0.2, 0.25) is 0 Å². The second-order valence-corrected chi connectivity index (χ2v) is 7.77. The van der Waals surface area contributed by atoms with E-state index in [0.717, 1.165) is 74.1 Å². The van der Waals surface area contributed by atoms with Gasteiger partial charge in [-0.2, -0.15) is 0 Å². The fraction of sp³-hybridized carbons (Fsp3) is 0.455. The third kappa shape index (κ3) is 4.02. The van der Waals surface area contributed by atoms with E-state index in [0.29, 0.717) is 0 Å². The average molecular weight is 382 g/mol. The van der Waals surface area contributed by atoms with Crippen LogP contribution in [0.4, 0.5) is 10.1 Å². The van der Waals surface area contributed by atoms with Crippen molar-refractivity contribution in [1.82, 2.24) is 14.9 Å². The van der Waals surface area contributed by atoms with Crippen LogP contribution in [-0.4, -0.2) is 46.5 Å². The standard InChI is InChI=1S/C22H27FN4O/c1-16-7-8-19(13-20(16)17-12-18(23)15-24-14-17)25-27-11-3-2-6-21(27)22(28)26-9-4-5-10-26/h7-8,12-15,21,25H,2-6,9-11H2,1H3. The molecule has 1 N–H and O–H groups in total. The summed E-state index contributed by atoms with van der Waals surface area (Å²) in [5, 5.41) is 2.09. The third-order valence-electron chi connectivity index (χ3n) is 5.73. The topological polar surface area (TPSA) is 48.5 Å². The molecule has 2 aliphatic rings. The first kappa shape index (κ1) is 18.9. The van der Waals surface area contributed by atoms with Gasteiger partial charge in [0.25, 0.3) is 0 Å². The van der Waals surface area contributed by atoms with Crippen LogP contribution in [0.3, 0.4) is 0 Å². The maximum Gasteiger partial charge on any atom is 0.241 e. The molecule has 1 aromatic carbocycles. The van der Waals surface area contributed by atoms with Crippen molar-refractivity contribution in [3.63, 3.8) is 0 Å². The van der Waals surface area contributed by atoms with Crippen LogP contribution in [0.1, 0.15) is 37.7 Å². The summed E-state index contributed by atoms with van der Waals surface area (Å²) in [6.45, 7) is 4.61. The Balaban J connectivity index is 1.55.